The predicted octanol–water partition coefficient (Wildman–Crippen LogP) is 3.72. The first-order chi connectivity index (χ1) is 18.3. The van der Waals surface area contributed by atoms with Gasteiger partial charge in [0.1, 0.15) is 6.61 Å². The summed E-state index contributed by atoms with van der Waals surface area (Å²) >= 11 is 0. The average Bonchev–Trinajstić information content (AvgIpc) is 2.88. The highest BCUT2D eigenvalue weighted by Gasteiger charge is 2.29. The second-order valence-electron chi connectivity index (χ2n) is 9.10. The van der Waals surface area contributed by atoms with Gasteiger partial charge in [0, 0.05) is 36.2 Å². The van der Waals surface area contributed by atoms with Crippen LogP contribution >= 0.6 is 0 Å². The maximum Gasteiger partial charge on any atom is 0.229 e. The Morgan fingerprint density at radius 2 is 1.95 bits per heavy atom. The van der Waals surface area contributed by atoms with Crippen molar-refractivity contribution in [2.24, 2.45) is 0 Å². The van der Waals surface area contributed by atoms with E-state index in [-0.39, 0.29) is 6.61 Å². The topological polar surface area (TPSA) is 112 Å². The summed E-state index contributed by atoms with van der Waals surface area (Å²) in [5.41, 5.74) is 5.10. The normalized spacial score (nSPS) is 16.2. The number of fused-ring (bicyclic) bond motifs is 1. The van der Waals surface area contributed by atoms with Crippen molar-refractivity contribution in [1.82, 2.24) is 15.1 Å². The van der Waals surface area contributed by atoms with Crippen molar-refractivity contribution in [2.75, 3.05) is 59.1 Å². The van der Waals surface area contributed by atoms with Crippen LogP contribution in [0.5, 0.6) is 0 Å². The van der Waals surface area contributed by atoms with E-state index in [2.05, 4.69) is 45.6 Å². The minimum atomic E-state index is -3.44. The van der Waals surface area contributed by atoms with E-state index in [0.717, 1.165) is 49.4 Å². The molecule has 3 heterocycles. The highest BCUT2D eigenvalue weighted by Crippen LogP contribution is 2.35. The van der Waals surface area contributed by atoms with E-state index >= 15 is 0 Å². The number of hydrazine groups is 1. The predicted molar refractivity (Wildman–Crippen MR) is 148 cm³/mol. The molecule has 0 aliphatic carbocycles. The highest BCUT2D eigenvalue weighted by molar-refractivity contribution is 7.92. The Morgan fingerprint density at radius 3 is 2.68 bits per heavy atom. The molecule has 0 bridgehead atoms. The quantitative estimate of drug-likeness (QED) is 0.412. The van der Waals surface area contributed by atoms with Gasteiger partial charge in [-0.25, -0.2) is 18.4 Å². The summed E-state index contributed by atoms with van der Waals surface area (Å²) in [5.74, 6) is 1.05. The maximum atomic E-state index is 11.8. The van der Waals surface area contributed by atoms with Crippen LogP contribution < -0.4 is 19.9 Å². The molecule has 2 aliphatic heterocycles. The van der Waals surface area contributed by atoms with E-state index in [0.29, 0.717) is 29.7 Å². The Bertz CT molecular complexity index is 1430. The maximum absolute atomic E-state index is 11.8. The molecule has 0 radical (unpaired) electrons. The molecule has 38 heavy (non-hydrogen) atoms. The smallest absolute Gasteiger partial charge is 0.229 e. The molecule has 2 N–H and O–H groups in total. The molecule has 0 atom stereocenters. The van der Waals surface area contributed by atoms with E-state index in [1.54, 1.807) is 40.7 Å². The molecule has 1 aromatic heterocycles. The van der Waals surface area contributed by atoms with Gasteiger partial charge in [-0.05, 0) is 48.9 Å². The standard InChI is InChI=1S/C26H31N7O4S/c1-4-10-32-33(23-7-5-6-22(16-23)30-38(3,34)35)25-20(18-37-32)17-27-26(29-25)28-21-8-9-24(19(2)15-21)31-11-13-36-14-12-31/h4-9,15-17,30H,1,10-14,18H2,2-3H3,(H,27,28,29). The van der Waals surface area contributed by atoms with Crippen molar-refractivity contribution in [1.29, 1.82) is 0 Å². The van der Waals surface area contributed by atoms with Gasteiger partial charge in [0.25, 0.3) is 0 Å². The van der Waals surface area contributed by atoms with E-state index in [9.17, 15) is 8.42 Å². The lowest BCUT2D eigenvalue weighted by molar-refractivity contribution is -0.171. The summed E-state index contributed by atoms with van der Waals surface area (Å²) in [6.45, 7) is 9.82. The molecule has 1 fully saturated rings. The molecule has 0 spiro atoms. The molecule has 0 amide bonds. The first-order valence-corrected chi connectivity index (χ1v) is 14.2. The zero-order valence-electron chi connectivity index (χ0n) is 21.4. The van der Waals surface area contributed by atoms with Gasteiger partial charge in [0.15, 0.2) is 5.82 Å². The van der Waals surface area contributed by atoms with Crippen molar-refractivity contribution in [2.45, 2.75) is 13.5 Å². The zero-order valence-corrected chi connectivity index (χ0v) is 22.2. The number of nitrogens with zero attached hydrogens (tertiary/aromatic N) is 5. The summed E-state index contributed by atoms with van der Waals surface area (Å²) in [7, 11) is -3.44. The summed E-state index contributed by atoms with van der Waals surface area (Å²) < 4.78 is 31.6. The summed E-state index contributed by atoms with van der Waals surface area (Å²) in [4.78, 5) is 17.6. The molecule has 0 unspecified atom stereocenters. The Labute approximate surface area is 222 Å². The average molecular weight is 538 g/mol. The summed E-state index contributed by atoms with van der Waals surface area (Å²) in [6.07, 6.45) is 4.57. The Balaban J connectivity index is 1.45. The molecule has 12 heteroatoms. The van der Waals surface area contributed by atoms with Crippen LogP contribution in [-0.2, 0) is 26.2 Å². The minimum Gasteiger partial charge on any atom is -0.378 e. The lowest BCUT2D eigenvalue weighted by Gasteiger charge is -2.38. The molecule has 0 saturated carbocycles. The van der Waals surface area contributed by atoms with Crippen molar-refractivity contribution in [3.8, 4) is 0 Å². The Hall–Kier alpha value is -3.71. The van der Waals surface area contributed by atoms with Crippen LogP contribution in [0.4, 0.5) is 34.5 Å². The fraction of sp³-hybridized carbons (Fsp3) is 0.308. The van der Waals surface area contributed by atoms with Gasteiger partial charge < -0.3 is 15.0 Å². The number of ether oxygens (including phenoxy) is 1. The van der Waals surface area contributed by atoms with Gasteiger partial charge in [-0.2, -0.15) is 4.98 Å². The molecule has 3 aromatic rings. The fourth-order valence-corrected chi connectivity index (χ4v) is 5.04. The molecule has 2 aliphatic rings. The molecular formula is C26H31N7O4S. The highest BCUT2D eigenvalue weighted by atomic mass is 32.2. The summed E-state index contributed by atoms with van der Waals surface area (Å²) in [6, 6.07) is 13.2. The number of hydroxylamine groups is 1. The third-order valence-electron chi connectivity index (χ3n) is 6.12. The van der Waals surface area contributed by atoms with Crippen molar-refractivity contribution in [3.05, 3.63) is 72.4 Å². The van der Waals surface area contributed by atoms with E-state index in [4.69, 9.17) is 14.6 Å². The van der Waals surface area contributed by atoms with Gasteiger partial charge in [0.2, 0.25) is 16.0 Å². The lowest BCUT2D eigenvalue weighted by atomic mass is 10.1. The molecule has 11 nitrogen and oxygen atoms in total. The Kier molecular flexibility index (Phi) is 7.47. The number of benzene rings is 2. The molecule has 200 valence electrons. The number of hydrogen-bond acceptors (Lipinski definition) is 10. The first-order valence-electron chi connectivity index (χ1n) is 12.3. The number of aryl methyl sites for hydroxylation is 1. The van der Waals surface area contributed by atoms with Gasteiger partial charge in [-0.15, -0.1) is 6.58 Å². The van der Waals surface area contributed by atoms with Gasteiger partial charge in [-0.1, -0.05) is 17.3 Å². The number of nitrogens with one attached hydrogen (secondary N) is 2. The van der Waals surface area contributed by atoms with E-state index < -0.39 is 10.0 Å². The third-order valence-corrected chi connectivity index (χ3v) is 6.72. The SMILES string of the molecule is C=CCN1OCc2cnc(Nc3ccc(N4CCOCC4)c(C)c3)nc2N1c1cccc(NS(C)(=O)=O)c1. The zero-order chi connectivity index (χ0) is 26.7. The second kappa shape index (κ2) is 11.0. The van der Waals surface area contributed by atoms with Crippen LogP contribution in [0.1, 0.15) is 11.1 Å². The number of rotatable bonds is 8. The molecular weight excluding hydrogens is 506 g/mol. The van der Waals surface area contributed by atoms with E-state index in [1.165, 1.54) is 5.69 Å². The van der Waals surface area contributed by atoms with Gasteiger partial charge in [0.05, 0.1) is 37.4 Å². The molecule has 2 aromatic carbocycles. The number of aromatic nitrogens is 2. The van der Waals surface area contributed by atoms with Crippen LogP contribution in [-0.4, -0.2) is 62.7 Å². The van der Waals surface area contributed by atoms with Crippen molar-refractivity contribution < 1.29 is 18.0 Å². The van der Waals surface area contributed by atoms with E-state index in [1.807, 2.05) is 12.1 Å². The minimum absolute atomic E-state index is 0.286. The number of sulfonamides is 1. The van der Waals surface area contributed by atoms with Crippen LogP contribution in [0.2, 0.25) is 0 Å². The van der Waals surface area contributed by atoms with Crippen LogP contribution in [0.15, 0.2) is 61.3 Å². The number of anilines is 6. The second-order valence-corrected chi connectivity index (χ2v) is 10.8. The van der Waals surface area contributed by atoms with Crippen molar-refractivity contribution in [3.63, 3.8) is 0 Å². The van der Waals surface area contributed by atoms with Crippen LogP contribution in [0, 0.1) is 6.92 Å². The number of hydrogen-bond donors (Lipinski definition) is 2. The van der Waals surface area contributed by atoms with Gasteiger partial charge >= 0.3 is 0 Å². The first kappa shape index (κ1) is 25.9. The van der Waals surface area contributed by atoms with Crippen molar-refractivity contribution >= 4 is 44.5 Å². The van der Waals surface area contributed by atoms with Gasteiger partial charge in [-0.3, -0.25) is 9.56 Å². The summed E-state index contributed by atoms with van der Waals surface area (Å²) in [5, 5.41) is 6.74. The lowest BCUT2D eigenvalue weighted by Crippen LogP contribution is -2.43. The Morgan fingerprint density at radius 1 is 1.13 bits per heavy atom. The third kappa shape index (κ3) is 5.89. The fourth-order valence-electron chi connectivity index (χ4n) is 4.48. The molecule has 5 rings (SSSR count). The monoisotopic (exact) mass is 537 g/mol. The molecule has 1 saturated heterocycles. The number of morpholine rings is 1. The van der Waals surface area contributed by atoms with Crippen LogP contribution in [0.25, 0.3) is 0 Å². The largest absolute Gasteiger partial charge is 0.378 e. The van der Waals surface area contributed by atoms with Crippen LogP contribution in [0.3, 0.4) is 0 Å².